The Hall–Kier alpha value is -3.62. The summed E-state index contributed by atoms with van der Waals surface area (Å²) in [5.74, 6) is 1.24. The van der Waals surface area contributed by atoms with Crippen LogP contribution in [0.25, 0.3) is 22.0 Å². The molecule has 0 saturated heterocycles. The summed E-state index contributed by atoms with van der Waals surface area (Å²) in [6, 6.07) is 12.1. The lowest BCUT2D eigenvalue weighted by atomic mass is 10.0. The van der Waals surface area contributed by atoms with E-state index in [9.17, 15) is 5.11 Å². The zero-order chi connectivity index (χ0) is 23.1. The number of nitrogens with one attached hydrogen (secondary N) is 1. The number of nitrogens with zero attached hydrogens (tertiary/aromatic N) is 5. The van der Waals surface area contributed by atoms with E-state index in [-0.39, 0.29) is 6.04 Å². The smallest absolute Gasteiger partial charge is 0.154 e. The number of hydrogen-bond acceptors (Lipinski definition) is 8. The van der Waals surface area contributed by atoms with Gasteiger partial charge in [0.15, 0.2) is 5.82 Å². The fourth-order valence-electron chi connectivity index (χ4n) is 4.34. The summed E-state index contributed by atoms with van der Waals surface area (Å²) >= 11 is 0. The number of hydrogen-bond donors (Lipinski definition) is 3. The van der Waals surface area contributed by atoms with E-state index in [2.05, 4.69) is 45.3 Å². The van der Waals surface area contributed by atoms with Gasteiger partial charge in [0.1, 0.15) is 17.6 Å². The summed E-state index contributed by atoms with van der Waals surface area (Å²) < 4.78 is 0. The molecule has 4 aromatic rings. The summed E-state index contributed by atoms with van der Waals surface area (Å²) in [5, 5.41) is 23.2. The number of aliphatic hydroxyl groups is 1. The maximum Gasteiger partial charge on any atom is 0.154 e. The van der Waals surface area contributed by atoms with Gasteiger partial charge >= 0.3 is 0 Å². The highest BCUT2D eigenvalue weighted by Gasteiger charge is 2.27. The Morgan fingerprint density at radius 1 is 1.12 bits per heavy atom. The number of aryl methyl sites for hydroxylation is 1. The van der Waals surface area contributed by atoms with E-state index in [4.69, 9.17) is 10.7 Å². The molecule has 0 saturated carbocycles. The lowest BCUT2D eigenvalue weighted by Crippen LogP contribution is -2.44. The number of aliphatic hydroxyl groups excluding tert-OH is 1. The quantitative estimate of drug-likeness (QED) is 0.410. The Bertz CT molecular complexity index is 1340. The van der Waals surface area contributed by atoms with Crippen molar-refractivity contribution in [1.82, 2.24) is 25.1 Å². The Balaban J connectivity index is 1.45. The van der Waals surface area contributed by atoms with Crippen LogP contribution in [0.2, 0.25) is 0 Å². The molecule has 168 valence electrons. The minimum Gasteiger partial charge on any atom is -0.397 e. The Morgan fingerprint density at radius 2 is 1.97 bits per heavy atom. The van der Waals surface area contributed by atoms with Crippen LogP contribution in [0.1, 0.15) is 30.7 Å². The number of nitrogen functional groups attached to an aromatic ring is 1. The molecule has 0 aliphatic carbocycles. The van der Waals surface area contributed by atoms with E-state index >= 15 is 0 Å². The summed E-state index contributed by atoms with van der Waals surface area (Å²) in [5.41, 5.74) is 12.7. The predicted molar refractivity (Wildman–Crippen MR) is 130 cm³/mol. The number of anilines is 3. The molecule has 1 aliphatic heterocycles. The van der Waals surface area contributed by atoms with Crippen molar-refractivity contribution in [3.05, 3.63) is 65.6 Å². The summed E-state index contributed by atoms with van der Waals surface area (Å²) in [7, 11) is 0. The van der Waals surface area contributed by atoms with Crippen molar-refractivity contribution < 1.29 is 5.11 Å². The minimum absolute atomic E-state index is 0.270. The number of aromatic nitrogens is 4. The van der Waals surface area contributed by atoms with Gasteiger partial charge in [-0.3, -0.25) is 9.88 Å². The second-order valence-electron chi connectivity index (χ2n) is 8.80. The van der Waals surface area contributed by atoms with E-state index in [0.29, 0.717) is 35.8 Å². The van der Waals surface area contributed by atoms with Crippen LogP contribution in [0.15, 0.2) is 48.8 Å². The molecule has 5 rings (SSSR count). The number of benzene rings is 1. The normalized spacial score (nSPS) is 16.2. The third kappa shape index (κ3) is 4.10. The van der Waals surface area contributed by atoms with Crippen LogP contribution in [-0.2, 0) is 13.0 Å². The second kappa shape index (κ2) is 8.38. The van der Waals surface area contributed by atoms with Crippen LogP contribution in [0.4, 0.5) is 17.3 Å². The van der Waals surface area contributed by atoms with E-state index in [1.807, 2.05) is 43.5 Å². The molecule has 0 fully saturated rings. The van der Waals surface area contributed by atoms with Gasteiger partial charge in [0.25, 0.3) is 0 Å². The molecule has 1 aliphatic rings. The number of fused-ring (bicyclic) bond motifs is 2. The van der Waals surface area contributed by atoms with Crippen molar-refractivity contribution in [3.63, 3.8) is 0 Å². The molecule has 4 N–H and O–H groups in total. The van der Waals surface area contributed by atoms with Gasteiger partial charge in [-0.1, -0.05) is 6.07 Å². The first kappa shape index (κ1) is 21.2. The fraction of sp³-hybridized carbons (Fsp3) is 0.280. The third-order valence-corrected chi connectivity index (χ3v) is 6.17. The highest BCUT2D eigenvalue weighted by molar-refractivity contribution is 5.95. The lowest BCUT2D eigenvalue weighted by molar-refractivity contribution is -0.0309. The van der Waals surface area contributed by atoms with Crippen LogP contribution in [0.5, 0.6) is 0 Å². The standard InChI is InChI=1S/C25H27N7O/c1-14(2)32-13-16-4-5-22(28-21(16)11-24(32)33)29-23-10-18-8-17(9-20(26)25(18)31-30-23)19-12-27-7-6-15(19)3/h4-10,12,14,24,33H,11,13,26H2,1-3H3,(H,28,29,30). The average Bonchev–Trinajstić information content (AvgIpc) is 2.78. The van der Waals surface area contributed by atoms with Gasteiger partial charge in [-0.2, -0.15) is 0 Å². The SMILES string of the molecule is Cc1ccncc1-c1cc(N)c2nnc(Nc3ccc4c(n3)CC(O)N(C(C)C)C4)cc2c1. The molecular formula is C25H27N7O. The largest absolute Gasteiger partial charge is 0.397 e. The monoisotopic (exact) mass is 441 g/mol. The molecule has 1 atom stereocenters. The molecule has 0 spiro atoms. The fourth-order valence-corrected chi connectivity index (χ4v) is 4.34. The van der Waals surface area contributed by atoms with Crippen LogP contribution in [0.3, 0.4) is 0 Å². The predicted octanol–water partition coefficient (Wildman–Crippen LogP) is 3.81. The maximum absolute atomic E-state index is 10.5. The van der Waals surface area contributed by atoms with E-state index < -0.39 is 6.23 Å². The van der Waals surface area contributed by atoms with E-state index in [1.165, 1.54) is 0 Å². The molecule has 3 aromatic heterocycles. The van der Waals surface area contributed by atoms with Crippen molar-refractivity contribution in [2.24, 2.45) is 0 Å². The molecule has 1 aromatic carbocycles. The average molecular weight is 442 g/mol. The first-order valence-corrected chi connectivity index (χ1v) is 11.1. The molecule has 8 nitrogen and oxygen atoms in total. The van der Waals surface area contributed by atoms with E-state index in [0.717, 1.165) is 33.3 Å². The van der Waals surface area contributed by atoms with E-state index in [1.54, 1.807) is 6.20 Å². The van der Waals surface area contributed by atoms with Crippen molar-refractivity contribution >= 4 is 28.2 Å². The van der Waals surface area contributed by atoms with Gasteiger partial charge in [-0.25, -0.2) is 4.98 Å². The molecule has 1 unspecified atom stereocenters. The first-order chi connectivity index (χ1) is 15.9. The van der Waals surface area contributed by atoms with Crippen molar-refractivity contribution in [2.45, 2.75) is 46.0 Å². The highest BCUT2D eigenvalue weighted by Crippen LogP contribution is 2.31. The summed E-state index contributed by atoms with van der Waals surface area (Å²) in [6.45, 7) is 6.91. The summed E-state index contributed by atoms with van der Waals surface area (Å²) in [4.78, 5) is 11.0. The minimum atomic E-state index is -0.530. The molecule has 8 heteroatoms. The topological polar surface area (TPSA) is 113 Å². The summed E-state index contributed by atoms with van der Waals surface area (Å²) in [6.07, 6.45) is 3.59. The Labute approximate surface area is 192 Å². The lowest BCUT2D eigenvalue weighted by Gasteiger charge is -2.36. The van der Waals surface area contributed by atoms with Gasteiger partial charge in [-0.15, -0.1) is 10.2 Å². The zero-order valence-electron chi connectivity index (χ0n) is 18.9. The third-order valence-electron chi connectivity index (χ3n) is 6.17. The van der Waals surface area contributed by atoms with Gasteiger partial charge in [-0.05, 0) is 67.8 Å². The molecule has 0 radical (unpaired) electrons. The first-order valence-electron chi connectivity index (χ1n) is 11.1. The molecule has 0 bridgehead atoms. The van der Waals surface area contributed by atoms with Crippen molar-refractivity contribution in [3.8, 4) is 11.1 Å². The molecule has 0 amide bonds. The molecule has 4 heterocycles. The van der Waals surface area contributed by atoms with Gasteiger partial charge in [0, 0.05) is 42.4 Å². The Morgan fingerprint density at radius 3 is 2.76 bits per heavy atom. The second-order valence-corrected chi connectivity index (χ2v) is 8.80. The van der Waals surface area contributed by atoms with Gasteiger partial charge in [0.2, 0.25) is 0 Å². The highest BCUT2D eigenvalue weighted by atomic mass is 16.3. The number of pyridine rings is 2. The van der Waals surface area contributed by atoms with Gasteiger partial charge < -0.3 is 16.2 Å². The van der Waals surface area contributed by atoms with Crippen LogP contribution in [-0.4, -0.2) is 42.4 Å². The number of rotatable bonds is 4. The van der Waals surface area contributed by atoms with Crippen LogP contribution in [0, 0.1) is 6.92 Å². The Kier molecular flexibility index (Phi) is 5.39. The zero-order valence-corrected chi connectivity index (χ0v) is 18.9. The van der Waals surface area contributed by atoms with Crippen molar-refractivity contribution in [1.29, 1.82) is 0 Å². The number of nitrogens with two attached hydrogens (primary N) is 1. The molecular weight excluding hydrogens is 414 g/mol. The maximum atomic E-state index is 10.5. The van der Waals surface area contributed by atoms with Crippen LogP contribution < -0.4 is 11.1 Å². The van der Waals surface area contributed by atoms with Crippen LogP contribution >= 0.6 is 0 Å². The molecule has 33 heavy (non-hydrogen) atoms. The van der Waals surface area contributed by atoms with Gasteiger partial charge in [0.05, 0.1) is 11.4 Å². The van der Waals surface area contributed by atoms with Crippen molar-refractivity contribution in [2.75, 3.05) is 11.1 Å².